The predicted octanol–water partition coefficient (Wildman–Crippen LogP) is 3.66. The summed E-state index contributed by atoms with van der Waals surface area (Å²) in [6, 6.07) is 10.8. The highest BCUT2D eigenvalue weighted by molar-refractivity contribution is 5.92. The molecule has 1 aliphatic heterocycles. The molecule has 31 heavy (non-hydrogen) atoms. The second kappa shape index (κ2) is 10.1. The molecule has 9 heteroatoms. The number of amides is 2. The molecule has 0 unspecified atom stereocenters. The molecule has 2 aromatic rings. The first kappa shape index (κ1) is 22.3. The maximum absolute atomic E-state index is 12.5. The monoisotopic (exact) mass is 433 g/mol. The van der Waals surface area contributed by atoms with Gasteiger partial charge in [0.15, 0.2) is 0 Å². The topological polar surface area (TPSA) is 71.5 Å². The lowest BCUT2D eigenvalue weighted by Gasteiger charge is -2.31. The largest absolute Gasteiger partial charge is 0.573 e. The molecule has 0 aliphatic carbocycles. The number of likely N-dealkylation sites (tertiary alicyclic amines) is 1. The third-order valence-corrected chi connectivity index (χ3v) is 4.93. The molecule has 1 fully saturated rings. The van der Waals surface area contributed by atoms with Gasteiger partial charge in [0.05, 0.1) is 0 Å². The molecular formula is C22H22F3N3O3. The van der Waals surface area contributed by atoms with Gasteiger partial charge >= 0.3 is 6.36 Å². The van der Waals surface area contributed by atoms with Crippen molar-refractivity contribution in [1.82, 2.24) is 15.2 Å². The van der Waals surface area contributed by atoms with E-state index in [0.717, 1.165) is 12.8 Å². The molecule has 0 radical (unpaired) electrons. The molecule has 0 atom stereocenters. The minimum absolute atomic E-state index is 0.167. The van der Waals surface area contributed by atoms with Gasteiger partial charge in [0.2, 0.25) is 5.91 Å². The lowest BCUT2D eigenvalue weighted by molar-refractivity contribution is -0.274. The van der Waals surface area contributed by atoms with Crippen LogP contribution in [0.1, 0.15) is 28.9 Å². The Balaban J connectivity index is 1.48. The summed E-state index contributed by atoms with van der Waals surface area (Å²) in [6.07, 6.45) is 0.762. The van der Waals surface area contributed by atoms with E-state index in [0.29, 0.717) is 25.3 Å². The van der Waals surface area contributed by atoms with Gasteiger partial charge in [0.25, 0.3) is 5.91 Å². The second-order valence-electron chi connectivity index (χ2n) is 7.11. The lowest BCUT2D eigenvalue weighted by Crippen LogP contribution is -2.41. The molecule has 1 N–H and O–H groups in total. The standard InChI is InChI=1S/C22H22F3N3O3/c23-22(24,25)31-19-7-2-1-5-17(19)8-9-20(29)28-13-10-16(11-14-28)15-27-21(30)18-6-3-4-12-26-18/h1-9,12,16H,10-11,13-15H2,(H,27,30)/b9-8+. The number of halogens is 3. The number of piperidine rings is 1. The molecule has 0 bridgehead atoms. The van der Waals surface area contributed by atoms with Gasteiger partial charge in [-0.1, -0.05) is 24.3 Å². The number of benzene rings is 1. The van der Waals surface area contributed by atoms with Crippen molar-refractivity contribution in [2.24, 2.45) is 5.92 Å². The molecule has 0 saturated carbocycles. The van der Waals surface area contributed by atoms with E-state index < -0.39 is 6.36 Å². The van der Waals surface area contributed by atoms with E-state index in [1.54, 1.807) is 35.4 Å². The van der Waals surface area contributed by atoms with Gasteiger partial charge in [-0.3, -0.25) is 14.6 Å². The fourth-order valence-electron chi connectivity index (χ4n) is 3.28. The van der Waals surface area contributed by atoms with Crippen molar-refractivity contribution in [3.05, 3.63) is 66.0 Å². The molecule has 2 amide bonds. The number of hydrogen-bond acceptors (Lipinski definition) is 4. The van der Waals surface area contributed by atoms with Crippen LogP contribution in [0, 0.1) is 5.92 Å². The van der Waals surface area contributed by atoms with E-state index in [-0.39, 0.29) is 29.0 Å². The summed E-state index contributed by atoms with van der Waals surface area (Å²) in [5, 5.41) is 2.86. The van der Waals surface area contributed by atoms with Gasteiger partial charge in [-0.2, -0.15) is 0 Å². The maximum Gasteiger partial charge on any atom is 0.573 e. The average molecular weight is 433 g/mol. The van der Waals surface area contributed by atoms with Crippen molar-refractivity contribution >= 4 is 17.9 Å². The van der Waals surface area contributed by atoms with Crippen molar-refractivity contribution in [3.8, 4) is 5.75 Å². The highest BCUT2D eigenvalue weighted by atomic mass is 19.4. The van der Waals surface area contributed by atoms with E-state index in [1.807, 2.05) is 0 Å². The molecule has 164 valence electrons. The summed E-state index contributed by atoms with van der Waals surface area (Å²) in [5.74, 6) is -0.637. The zero-order valence-corrected chi connectivity index (χ0v) is 16.6. The minimum atomic E-state index is -4.80. The fraction of sp³-hybridized carbons (Fsp3) is 0.318. The SMILES string of the molecule is O=C(NCC1CCN(C(=O)/C=C/c2ccccc2OC(F)(F)F)CC1)c1ccccn1. The van der Waals surface area contributed by atoms with Gasteiger partial charge in [0, 0.05) is 37.5 Å². The summed E-state index contributed by atoms with van der Waals surface area (Å²) in [5.41, 5.74) is 0.523. The van der Waals surface area contributed by atoms with E-state index in [4.69, 9.17) is 0 Å². The first-order valence-corrected chi connectivity index (χ1v) is 9.83. The number of nitrogens with one attached hydrogen (secondary N) is 1. The van der Waals surface area contributed by atoms with E-state index >= 15 is 0 Å². The highest BCUT2D eigenvalue weighted by Gasteiger charge is 2.31. The zero-order valence-electron chi connectivity index (χ0n) is 16.6. The smallest absolute Gasteiger partial charge is 0.405 e. The van der Waals surface area contributed by atoms with Crippen LogP contribution in [-0.2, 0) is 4.79 Å². The number of aromatic nitrogens is 1. The first-order valence-electron chi connectivity index (χ1n) is 9.83. The van der Waals surface area contributed by atoms with Crippen LogP contribution >= 0.6 is 0 Å². The Morgan fingerprint density at radius 1 is 1.13 bits per heavy atom. The quantitative estimate of drug-likeness (QED) is 0.706. The number of carbonyl (C=O) groups is 2. The summed E-state index contributed by atoms with van der Waals surface area (Å²) in [6.45, 7) is 1.51. The van der Waals surface area contributed by atoms with E-state index in [1.165, 1.54) is 30.4 Å². The number of nitrogens with zero attached hydrogens (tertiary/aromatic N) is 2. The molecule has 1 saturated heterocycles. The van der Waals surface area contributed by atoms with Crippen molar-refractivity contribution in [1.29, 1.82) is 0 Å². The van der Waals surface area contributed by atoms with Crippen molar-refractivity contribution in [2.45, 2.75) is 19.2 Å². The fourth-order valence-corrected chi connectivity index (χ4v) is 3.28. The molecule has 3 rings (SSSR count). The van der Waals surface area contributed by atoms with Crippen molar-refractivity contribution in [3.63, 3.8) is 0 Å². The second-order valence-corrected chi connectivity index (χ2v) is 7.11. The number of para-hydroxylation sites is 1. The molecule has 2 heterocycles. The Labute approximate surface area is 177 Å². The van der Waals surface area contributed by atoms with Crippen molar-refractivity contribution in [2.75, 3.05) is 19.6 Å². The average Bonchev–Trinajstić information content (AvgIpc) is 2.76. The number of alkyl halides is 3. The third-order valence-electron chi connectivity index (χ3n) is 4.93. The minimum Gasteiger partial charge on any atom is -0.405 e. The number of pyridine rings is 1. The number of ether oxygens (including phenoxy) is 1. The van der Waals surface area contributed by atoms with Crippen LogP contribution in [0.2, 0.25) is 0 Å². The van der Waals surface area contributed by atoms with Gasteiger partial charge in [-0.05, 0) is 43.0 Å². The van der Waals surface area contributed by atoms with Crippen LogP contribution in [0.15, 0.2) is 54.7 Å². The van der Waals surface area contributed by atoms with E-state index in [9.17, 15) is 22.8 Å². The van der Waals surface area contributed by atoms with Crippen LogP contribution in [0.5, 0.6) is 5.75 Å². The number of carbonyl (C=O) groups excluding carboxylic acids is 2. The Morgan fingerprint density at radius 3 is 2.52 bits per heavy atom. The van der Waals surface area contributed by atoms with Gasteiger partial charge in [-0.25, -0.2) is 0 Å². The third kappa shape index (κ3) is 6.84. The number of rotatable bonds is 6. The van der Waals surface area contributed by atoms with Crippen LogP contribution in [-0.4, -0.2) is 47.7 Å². The first-order chi connectivity index (χ1) is 14.8. The Morgan fingerprint density at radius 2 is 1.84 bits per heavy atom. The lowest BCUT2D eigenvalue weighted by atomic mass is 9.96. The van der Waals surface area contributed by atoms with Gasteiger partial charge in [-0.15, -0.1) is 13.2 Å². The van der Waals surface area contributed by atoms with Gasteiger partial charge in [0.1, 0.15) is 11.4 Å². The van der Waals surface area contributed by atoms with Crippen LogP contribution in [0.4, 0.5) is 13.2 Å². The van der Waals surface area contributed by atoms with E-state index in [2.05, 4.69) is 15.0 Å². The van der Waals surface area contributed by atoms with Crippen LogP contribution in [0.25, 0.3) is 6.08 Å². The maximum atomic E-state index is 12.5. The number of hydrogen-bond donors (Lipinski definition) is 1. The Hall–Kier alpha value is -3.36. The molecule has 6 nitrogen and oxygen atoms in total. The molecule has 1 aromatic carbocycles. The summed E-state index contributed by atoms with van der Waals surface area (Å²) < 4.78 is 41.5. The summed E-state index contributed by atoms with van der Waals surface area (Å²) in [4.78, 5) is 30.1. The Bertz CT molecular complexity index is 924. The Kier molecular flexibility index (Phi) is 7.28. The summed E-state index contributed by atoms with van der Waals surface area (Å²) in [7, 11) is 0. The normalized spacial score (nSPS) is 15.1. The molecular weight excluding hydrogens is 411 g/mol. The van der Waals surface area contributed by atoms with Crippen molar-refractivity contribution < 1.29 is 27.5 Å². The summed E-state index contributed by atoms with van der Waals surface area (Å²) >= 11 is 0. The zero-order chi connectivity index (χ0) is 22.3. The molecule has 1 aliphatic rings. The highest BCUT2D eigenvalue weighted by Crippen LogP contribution is 2.27. The predicted molar refractivity (Wildman–Crippen MR) is 108 cm³/mol. The molecule has 1 aromatic heterocycles. The van der Waals surface area contributed by atoms with Crippen LogP contribution in [0.3, 0.4) is 0 Å². The molecule has 0 spiro atoms. The van der Waals surface area contributed by atoms with Crippen LogP contribution < -0.4 is 10.1 Å². The van der Waals surface area contributed by atoms with Gasteiger partial charge < -0.3 is 15.0 Å².